The Kier molecular flexibility index (Phi) is 3.48. The molecule has 2 aromatic rings. The number of ether oxygens (including phenoxy) is 1. The van der Waals surface area contributed by atoms with E-state index in [9.17, 15) is 0 Å². The van der Waals surface area contributed by atoms with E-state index in [1.807, 2.05) is 12.1 Å². The lowest BCUT2D eigenvalue weighted by molar-refractivity contribution is 0.340. The highest BCUT2D eigenvalue weighted by Crippen LogP contribution is 2.28. The van der Waals surface area contributed by atoms with Crippen molar-refractivity contribution < 1.29 is 4.74 Å². The van der Waals surface area contributed by atoms with Gasteiger partial charge < -0.3 is 9.30 Å². The number of pyridine rings is 1. The maximum absolute atomic E-state index is 6.00. The van der Waals surface area contributed by atoms with Crippen molar-refractivity contribution in [3.8, 4) is 5.88 Å². The fraction of sp³-hybridized carbons (Fsp3) is 0.538. The van der Waals surface area contributed by atoms with E-state index >= 15 is 0 Å². The third-order valence-electron chi connectivity index (χ3n) is 3.35. The Morgan fingerprint density at radius 1 is 1.33 bits per heavy atom. The molecular weight excluding hydrogens is 250 g/mol. The summed E-state index contributed by atoms with van der Waals surface area (Å²) >= 11 is 6.00. The number of imidazole rings is 1. The molecule has 98 valence electrons. The molecule has 18 heavy (non-hydrogen) atoms. The monoisotopic (exact) mass is 267 g/mol. The molecule has 2 heterocycles. The summed E-state index contributed by atoms with van der Waals surface area (Å²) < 4.78 is 7.29. The van der Waals surface area contributed by atoms with Crippen LogP contribution < -0.4 is 4.74 Å². The van der Waals surface area contributed by atoms with Crippen LogP contribution in [0, 0.1) is 0 Å². The first-order valence-electron chi connectivity index (χ1n) is 6.02. The molecule has 5 heteroatoms. The van der Waals surface area contributed by atoms with Gasteiger partial charge in [0.25, 0.3) is 0 Å². The second-order valence-corrected chi connectivity index (χ2v) is 5.13. The number of hydrogen-bond acceptors (Lipinski definition) is 3. The van der Waals surface area contributed by atoms with Gasteiger partial charge in [-0.15, -0.1) is 11.6 Å². The molecule has 2 rings (SSSR count). The van der Waals surface area contributed by atoms with E-state index in [4.69, 9.17) is 16.3 Å². The second kappa shape index (κ2) is 4.76. The van der Waals surface area contributed by atoms with Gasteiger partial charge in [-0.25, -0.2) is 4.98 Å². The number of hydrogen-bond donors (Lipinski definition) is 0. The van der Waals surface area contributed by atoms with Crippen molar-refractivity contribution in [2.45, 2.75) is 38.6 Å². The Morgan fingerprint density at radius 3 is 2.61 bits per heavy atom. The summed E-state index contributed by atoms with van der Waals surface area (Å²) in [4.78, 5) is 9.03. The Morgan fingerprint density at radius 2 is 2.06 bits per heavy atom. The molecule has 0 atom stereocenters. The van der Waals surface area contributed by atoms with E-state index in [1.54, 1.807) is 7.11 Å². The summed E-state index contributed by atoms with van der Waals surface area (Å²) in [5.74, 6) is 1.82. The fourth-order valence-corrected chi connectivity index (χ4v) is 2.16. The van der Waals surface area contributed by atoms with E-state index in [1.165, 1.54) is 0 Å². The van der Waals surface area contributed by atoms with Crippen LogP contribution in [0.15, 0.2) is 12.1 Å². The normalized spacial score (nSPS) is 12.1. The molecule has 0 unspecified atom stereocenters. The van der Waals surface area contributed by atoms with Gasteiger partial charge in [0.15, 0.2) is 5.65 Å². The van der Waals surface area contributed by atoms with Crippen LogP contribution in [0.5, 0.6) is 5.88 Å². The van der Waals surface area contributed by atoms with Gasteiger partial charge in [-0.1, -0.05) is 6.92 Å². The smallest absolute Gasteiger partial charge is 0.215 e. The first-order valence-corrected chi connectivity index (χ1v) is 6.55. The van der Waals surface area contributed by atoms with Gasteiger partial charge in [0, 0.05) is 11.6 Å². The van der Waals surface area contributed by atoms with Crippen molar-refractivity contribution in [1.29, 1.82) is 0 Å². The Labute approximate surface area is 112 Å². The van der Waals surface area contributed by atoms with Crippen LogP contribution in [0.4, 0.5) is 0 Å². The summed E-state index contributed by atoms with van der Waals surface area (Å²) in [7, 11) is 1.61. The van der Waals surface area contributed by atoms with E-state index in [0.29, 0.717) is 11.8 Å². The molecule has 0 bridgehead atoms. The lowest BCUT2D eigenvalue weighted by atomic mass is 10.0. The Bertz CT molecular complexity index is 563. The lowest BCUT2D eigenvalue weighted by Gasteiger charge is -2.27. The standard InChI is InChI=1S/C13H18ClN3O/c1-5-13(2,3)17-10(8-14)15-9-6-7-11(18-4)16-12(9)17/h6-7H,5,8H2,1-4H3. The van der Waals surface area contributed by atoms with Crippen LogP contribution in [0.1, 0.15) is 33.0 Å². The molecule has 0 N–H and O–H groups in total. The van der Waals surface area contributed by atoms with Gasteiger partial charge in [0.05, 0.1) is 13.0 Å². The molecule has 0 aliphatic heterocycles. The third kappa shape index (κ3) is 2.05. The second-order valence-electron chi connectivity index (χ2n) is 4.86. The number of halogens is 1. The molecule has 0 aliphatic carbocycles. The zero-order chi connectivity index (χ0) is 13.3. The molecule has 0 aromatic carbocycles. The molecule has 0 aliphatic rings. The van der Waals surface area contributed by atoms with Crippen molar-refractivity contribution in [3.63, 3.8) is 0 Å². The number of alkyl halides is 1. The molecule has 0 amide bonds. The van der Waals surface area contributed by atoms with Gasteiger partial charge >= 0.3 is 0 Å². The van der Waals surface area contributed by atoms with Crippen molar-refractivity contribution in [2.24, 2.45) is 0 Å². The predicted octanol–water partition coefficient (Wildman–Crippen LogP) is 3.32. The van der Waals surface area contributed by atoms with Crippen molar-refractivity contribution >= 4 is 22.8 Å². The van der Waals surface area contributed by atoms with Crippen molar-refractivity contribution in [2.75, 3.05) is 7.11 Å². The summed E-state index contributed by atoms with van der Waals surface area (Å²) in [6.07, 6.45) is 0.973. The molecule has 0 radical (unpaired) electrons. The lowest BCUT2D eigenvalue weighted by Crippen LogP contribution is -2.27. The zero-order valence-corrected chi connectivity index (χ0v) is 12.0. The molecule has 0 saturated heterocycles. The largest absolute Gasteiger partial charge is 0.481 e. The summed E-state index contributed by atoms with van der Waals surface area (Å²) in [5, 5.41) is 0. The van der Waals surface area contributed by atoms with Gasteiger partial charge in [0.1, 0.15) is 11.3 Å². The van der Waals surface area contributed by atoms with Crippen LogP contribution in [-0.4, -0.2) is 21.6 Å². The number of fused-ring (bicyclic) bond motifs is 1. The highest BCUT2D eigenvalue weighted by atomic mass is 35.5. The molecular formula is C13H18ClN3O. The maximum Gasteiger partial charge on any atom is 0.215 e. The number of nitrogens with zero attached hydrogens (tertiary/aromatic N) is 3. The van der Waals surface area contributed by atoms with Crippen molar-refractivity contribution in [3.05, 3.63) is 18.0 Å². The fourth-order valence-electron chi connectivity index (χ4n) is 1.98. The quantitative estimate of drug-likeness (QED) is 0.798. The molecule has 0 saturated carbocycles. The summed E-state index contributed by atoms with van der Waals surface area (Å²) in [6, 6.07) is 3.73. The van der Waals surface area contributed by atoms with Gasteiger partial charge in [-0.3, -0.25) is 0 Å². The van der Waals surface area contributed by atoms with E-state index in [-0.39, 0.29) is 5.54 Å². The summed E-state index contributed by atoms with van der Waals surface area (Å²) in [5.41, 5.74) is 1.61. The highest BCUT2D eigenvalue weighted by molar-refractivity contribution is 6.16. The number of methoxy groups -OCH3 is 1. The van der Waals surface area contributed by atoms with Crippen LogP contribution >= 0.6 is 11.6 Å². The van der Waals surface area contributed by atoms with Gasteiger partial charge in [-0.2, -0.15) is 4.98 Å². The van der Waals surface area contributed by atoms with Crippen LogP contribution in [0.25, 0.3) is 11.2 Å². The van der Waals surface area contributed by atoms with Crippen molar-refractivity contribution in [1.82, 2.24) is 14.5 Å². The minimum absolute atomic E-state index is 0.0711. The minimum Gasteiger partial charge on any atom is -0.481 e. The van der Waals surface area contributed by atoms with Gasteiger partial charge in [-0.05, 0) is 26.3 Å². The van der Waals surface area contributed by atoms with E-state index in [0.717, 1.165) is 23.4 Å². The van der Waals surface area contributed by atoms with E-state index < -0.39 is 0 Å². The molecule has 0 fully saturated rings. The SMILES string of the molecule is CCC(C)(C)n1c(CCl)nc2ccc(OC)nc21. The van der Waals surface area contributed by atoms with Crippen LogP contribution in [0.2, 0.25) is 0 Å². The predicted molar refractivity (Wildman–Crippen MR) is 73.3 cm³/mol. The zero-order valence-electron chi connectivity index (χ0n) is 11.2. The molecule has 4 nitrogen and oxygen atoms in total. The molecule has 0 spiro atoms. The summed E-state index contributed by atoms with van der Waals surface area (Å²) in [6.45, 7) is 6.46. The van der Waals surface area contributed by atoms with Gasteiger partial charge in [0.2, 0.25) is 5.88 Å². The maximum atomic E-state index is 6.00. The first kappa shape index (κ1) is 13.1. The number of rotatable bonds is 4. The van der Waals surface area contributed by atoms with E-state index in [2.05, 4.69) is 35.3 Å². The topological polar surface area (TPSA) is 39.9 Å². The Hall–Kier alpha value is -1.29. The first-order chi connectivity index (χ1) is 8.53. The minimum atomic E-state index is -0.0711. The number of aromatic nitrogens is 3. The average Bonchev–Trinajstić information content (AvgIpc) is 2.76. The third-order valence-corrected chi connectivity index (χ3v) is 3.59. The molecule has 2 aromatic heterocycles. The highest BCUT2D eigenvalue weighted by Gasteiger charge is 2.25. The Balaban J connectivity index is 2.74. The average molecular weight is 268 g/mol. The van der Waals surface area contributed by atoms with Crippen LogP contribution in [-0.2, 0) is 11.4 Å². The van der Waals surface area contributed by atoms with Crippen LogP contribution in [0.3, 0.4) is 0 Å².